The summed E-state index contributed by atoms with van der Waals surface area (Å²) in [6.45, 7) is 12.2. The number of ether oxygens (including phenoxy) is 1. The zero-order valence-electron chi connectivity index (χ0n) is 9.47. The zero-order valence-corrected chi connectivity index (χ0v) is 9.47. The maximum absolute atomic E-state index is 5.62. The highest BCUT2D eigenvalue weighted by Crippen LogP contribution is 2.21. The molecule has 0 saturated carbocycles. The third-order valence-corrected chi connectivity index (χ3v) is 2.79. The number of likely N-dealkylation sites (tertiary alicyclic amines) is 1. The van der Waals surface area contributed by atoms with E-state index in [0.29, 0.717) is 11.6 Å². The highest BCUT2D eigenvalue weighted by molar-refractivity contribution is 4.81. The van der Waals surface area contributed by atoms with E-state index in [1.807, 2.05) is 0 Å². The van der Waals surface area contributed by atoms with Crippen LogP contribution >= 0.6 is 0 Å². The van der Waals surface area contributed by atoms with Crippen molar-refractivity contribution in [3.63, 3.8) is 0 Å². The summed E-state index contributed by atoms with van der Waals surface area (Å²) in [6.07, 6.45) is 2.92. The van der Waals surface area contributed by atoms with Gasteiger partial charge in [0.1, 0.15) is 0 Å². The Labute approximate surface area is 82.3 Å². The number of nitrogens with zero attached hydrogens (tertiary/aromatic N) is 1. The van der Waals surface area contributed by atoms with Crippen molar-refractivity contribution in [2.24, 2.45) is 0 Å². The first-order valence-corrected chi connectivity index (χ1v) is 5.40. The van der Waals surface area contributed by atoms with Crippen LogP contribution in [0.2, 0.25) is 0 Å². The molecule has 13 heavy (non-hydrogen) atoms. The lowest BCUT2D eigenvalue weighted by molar-refractivity contribution is -0.00775. The van der Waals surface area contributed by atoms with Gasteiger partial charge in [0, 0.05) is 25.2 Å². The van der Waals surface area contributed by atoms with Crippen molar-refractivity contribution < 1.29 is 4.74 Å². The Hall–Kier alpha value is -0.0800. The fraction of sp³-hybridized carbons (Fsp3) is 1.00. The standard InChI is InChI=1S/C11H23NO/c1-5-13-10-6-8-12(9-7-10)11(2,3)4/h10H,5-9H2,1-4H3. The highest BCUT2D eigenvalue weighted by atomic mass is 16.5. The Kier molecular flexibility index (Phi) is 3.74. The van der Waals surface area contributed by atoms with Gasteiger partial charge in [0.2, 0.25) is 0 Å². The Bertz CT molecular complexity index is 143. The molecular formula is C11H23NO. The summed E-state index contributed by atoms with van der Waals surface area (Å²) in [7, 11) is 0. The van der Waals surface area contributed by atoms with Crippen LogP contribution in [-0.2, 0) is 4.74 Å². The van der Waals surface area contributed by atoms with Crippen LogP contribution in [0.5, 0.6) is 0 Å². The van der Waals surface area contributed by atoms with E-state index in [9.17, 15) is 0 Å². The molecule has 78 valence electrons. The zero-order chi connectivity index (χ0) is 9.90. The van der Waals surface area contributed by atoms with Crippen LogP contribution in [0.1, 0.15) is 40.5 Å². The molecule has 0 aromatic carbocycles. The molecule has 2 nitrogen and oxygen atoms in total. The minimum Gasteiger partial charge on any atom is -0.378 e. The second-order valence-corrected chi connectivity index (χ2v) is 4.81. The van der Waals surface area contributed by atoms with Crippen molar-refractivity contribution in [3.8, 4) is 0 Å². The maximum Gasteiger partial charge on any atom is 0.0599 e. The third kappa shape index (κ3) is 3.28. The molecule has 1 saturated heterocycles. The van der Waals surface area contributed by atoms with Crippen molar-refractivity contribution in [3.05, 3.63) is 0 Å². The summed E-state index contributed by atoms with van der Waals surface area (Å²) in [6, 6.07) is 0. The van der Waals surface area contributed by atoms with Gasteiger partial charge in [0.15, 0.2) is 0 Å². The molecule has 0 N–H and O–H groups in total. The second-order valence-electron chi connectivity index (χ2n) is 4.81. The molecule has 0 atom stereocenters. The lowest BCUT2D eigenvalue weighted by atomic mass is 9.99. The quantitative estimate of drug-likeness (QED) is 0.654. The largest absolute Gasteiger partial charge is 0.378 e. The summed E-state index contributed by atoms with van der Waals surface area (Å²) < 4.78 is 5.62. The molecule has 0 unspecified atom stereocenters. The minimum absolute atomic E-state index is 0.331. The Morgan fingerprint density at radius 1 is 1.23 bits per heavy atom. The molecule has 0 spiro atoms. The normalized spacial score (nSPS) is 22.2. The maximum atomic E-state index is 5.62. The third-order valence-electron chi connectivity index (χ3n) is 2.79. The second kappa shape index (κ2) is 4.43. The Balaban J connectivity index is 2.30. The number of rotatable bonds is 2. The van der Waals surface area contributed by atoms with Crippen LogP contribution in [0.4, 0.5) is 0 Å². The van der Waals surface area contributed by atoms with Crippen molar-refractivity contribution in [2.75, 3.05) is 19.7 Å². The Morgan fingerprint density at radius 2 is 1.77 bits per heavy atom. The summed E-state index contributed by atoms with van der Waals surface area (Å²) in [5.74, 6) is 0. The fourth-order valence-corrected chi connectivity index (χ4v) is 1.93. The molecule has 1 aliphatic heterocycles. The number of piperidine rings is 1. The molecule has 1 heterocycles. The van der Waals surface area contributed by atoms with Gasteiger partial charge in [-0.3, -0.25) is 4.90 Å². The van der Waals surface area contributed by atoms with Crippen LogP contribution in [0, 0.1) is 0 Å². The summed E-state index contributed by atoms with van der Waals surface area (Å²) in [5.41, 5.74) is 0.331. The predicted octanol–water partition coefficient (Wildman–Crippen LogP) is 2.29. The first kappa shape index (κ1) is 11.0. The molecular weight excluding hydrogens is 162 g/mol. The van der Waals surface area contributed by atoms with E-state index in [1.165, 1.54) is 25.9 Å². The molecule has 0 aliphatic carbocycles. The van der Waals surface area contributed by atoms with Crippen molar-refractivity contribution in [1.82, 2.24) is 4.90 Å². The molecule has 1 rings (SSSR count). The molecule has 1 aliphatic rings. The molecule has 0 radical (unpaired) electrons. The topological polar surface area (TPSA) is 12.5 Å². The van der Waals surface area contributed by atoms with Crippen LogP contribution < -0.4 is 0 Å². The Morgan fingerprint density at radius 3 is 2.15 bits per heavy atom. The van der Waals surface area contributed by atoms with E-state index in [2.05, 4.69) is 32.6 Å². The minimum atomic E-state index is 0.331. The van der Waals surface area contributed by atoms with Crippen LogP contribution in [0.15, 0.2) is 0 Å². The van der Waals surface area contributed by atoms with E-state index >= 15 is 0 Å². The van der Waals surface area contributed by atoms with Crippen molar-refractivity contribution >= 4 is 0 Å². The predicted molar refractivity (Wildman–Crippen MR) is 56.0 cm³/mol. The lowest BCUT2D eigenvalue weighted by Gasteiger charge is -2.40. The molecule has 0 amide bonds. The smallest absolute Gasteiger partial charge is 0.0599 e. The lowest BCUT2D eigenvalue weighted by Crippen LogP contribution is -2.47. The van der Waals surface area contributed by atoms with Crippen LogP contribution in [0.3, 0.4) is 0 Å². The SMILES string of the molecule is CCOC1CCN(C(C)(C)C)CC1. The summed E-state index contributed by atoms with van der Waals surface area (Å²) in [5, 5.41) is 0. The first-order valence-electron chi connectivity index (χ1n) is 5.40. The molecule has 1 fully saturated rings. The molecule has 0 aromatic heterocycles. The summed E-state index contributed by atoms with van der Waals surface area (Å²) >= 11 is 0. The number of hydrogen-bond acceptors (Lipinski definition) is 2. The molecule has 2 heteroatoms. The van der Waals surface area contributed by atoms with Gasteiger partial charge in [-0.15, -0.1) is 0 Å². The average molecular weight is 185 g/mol. The molecule has 0 bridgehead atoms. The van der Waals surface area contributed by atoms with Gasteiger partial charge in [0.25, 0.3) is 0 Å². The first-order chi connectivity index (χ1) is 6.04. The van der Waals surface area contributed by atoms with Crippen LogP contribution in [0.25, 0.3) is 0 Å². The van der Waals surface area contributed by atoms with Gasteiger partial charge in [-0.25, -0.2) is 0 Å². The van der Waals surface area contributed by atoms with Crippen molar-refractivity contribution in [1.29, 1.82) is 0 Å². The fourth-order valence-electron chi connectivity index (χ4n) is 1.93. The van der Waals surface area contributed by atoms with Gasteiger partial charge in [-0.1, -0.05) is 0 Å². The molecule has 0 aromatic rings. The van der Waals surface area contributed by atoms with E-state index in [-0.39, 0.29) is 0 Å². The number of hydrogen-bond donors (Lipinski definition) is 0. The van der Waals surface area contributed by atoms with E-state index in [0.717, 1.165) is 6.61 Å². The highest BCUT2D eigenvalue weighted by Gasteiger charge is 2.26. The van der Waals surface area contributed by atoms with Gasteiger partial charge in [0.05, 0.1) is 6.10 Å². The average Bonchev–Trinajstić information content (AvgIpc) is 2.04. The van der Waals surface area contributed by atoms with Gasteiger partial charge >= 0.3 is 0 Å². The van der Waals surface area contributed by atoms with Gasteiger partial charge < -0.3 is 4.74 Å². The van der Waals surface area contributed by atoms with E-state index in [4.69, 9.17) is 4.74 Å². The van der Waals surface area contributed by atoms with Gasteiger partial charge in [-0.05, 0) is 40.5 Å². The van der Waals surface area contributed by atoms with E-state index < -0.39 is 0 Å². The monoisotopic (exact) mass is 185 g/mol. The van der Waals surface area contributed by atoms with Crippen LogP contribution in [-0.4, -0.2) is 36.2 Å². The van der Waals surface area contributed by atoms with E-state index in [1.54, 1.807) is 0 Å². The summed E-state index contributed by atoms with van der Waals surface area (Å²) in [4.78, 5) is 2.54. The van der Waals surface area contributed by atoms with Gasteiger partial charge in [-0.2, -0.15) is 0 Å². The van der Waals surface area contributed by atoms with Crippen molar-refractivity contribution in [2.45, 2.75) is 52.2 Å².